The lowest BCUT2D eigenvalue weighted by molar-refractivity contribution is -0.183. The number of hydrogen-bond donors (Lipinski definition) is 1. The third kappa shape index (κ3) is 6.16. The van der Waals surface area contributed by atoms with Gasteiger partial charge in [0.05, 0.1) is 11.4 Å². The van der Waals surface area contributed by atoms with Gasteiger partial charge >= 0.3 is 12.1 Å². The first-order valence-electron chi connectivity index (χ1n) is 13.9. The van der Waals surface area contributed by atoms with Crippen molar-refractivity contribution in [2.45, 2.75) is 51.4 Å². The number of nitrogens with zero attached hydrogens (tertiary/aromatic N) is 5. The van der Waals surface area contributed by atoms with Gasteiger partial charge in [0.2, 0.25) is 0 Å². The molecule has 1 saturated heterocycles. The van der Waals surface area contributed by atoms with E-state index >= 15 is 0 Å². The molecule has 1 aliphatic rings. The van der Waals surface area contributed by atoms with Crippen molar-refractivity contribution in [3.63, 3.8) is 0 Å². The molecule has 2 unspecified atom stereocenters. The monoisotopic (exact) mass is 588 g/mol. The molecule has 3 aromatic heterocycles. The Balaban J connectivity index is 1.40. The van der Waals surface area contributed by atoms with E-state index in [1.54, 1.807) is 12.1 Å². The van der Waals surface area contributed by atoms with Crippen molar-refractivity contribution in [2.24, 2.45) is 11.7 Å². The number of carbonyl (C=O) groups is 1. The second-order valence-corrected chi connectivity index (χ2v) is 10.4. The summed E-state index contributed by atoms with van der Waals surface area (Å²) < 4.78 is 69.5. The Morgan fingerprint density at radius 1 is 1.12 bits per heavy atom. The fourth-order valence-corrected chi connectivity index (χ4v) is 5.29. The Bertz CT molecular complexity index is 1570. The summed E-state index contributed by atoms with van der Waals surface area (Å²) in [6.07, 6.45) is -1.31. The van der Waals surface area contributed by atoms with Gasteiger partial charge in [0.1, 0.15) is 24.9 Å². The Hall–Kier alpha value is -3.84. The van der Waals surface area contributed by atoms with Gasteiger partial charge in [0, 0.05) is 36.8 Å². The van der Waals surface area contributed by atoms with E-state index in [1.165, 1.54) is 39.8 Å². The molecule has 9 nitrogen and oxygen atoms in total. The van der Waals surface area contributed by atoms with Gasteiger partial charge in [-0.3, -0.25) is 14.1 Å². The third-order valence-corrected chi connectivity index (χ3v) is 7.55. The first-order valence-corrected chi connectivity index (χ1v) is 13.9. The summed E-state index contributed by atoms with van der Waals surface area (Å²) >= 11 is 0. The van der Waals surface area contributed by atoms with Crippen molar-refractivity contribution in [3.05, 3.63) is 54.0 Å². The second-order valence-electron chi connectivity index (χ2n) is 10.4. The van der Waals surface area contributed by atoms with Gasteiger partial charge in [-0.1, -0.05) is 26.0 Å². The van der Waals surface area contributed by atoms with Crippen LogP contribution in [0.15, 0.2) is 42.6 Å². The third-order valence-electron chi connectivity index (χ3n) is 7.55. The van der Waals surface area contributed by atoms with Crippen LogP contribution >= 0.6 is 0 Å². The van der Waals surface area contributed by atoms with Crippen LogP contribution in [0.4, 0.5) is 17.6 Å². The Morgan fingerprint density at radius 3 is 2.60 bits per heavy atom. The summed E-state index contributed by atoms with van der Waals surface area (Å²) in [5.74, 6) is -0.958. The molecule has 0 aliphatic carbocycles. The quantitative estimate of drug-likeness (QED) is 0.155. The van der Waals surface area contributed by atoms with Crippen molar-refractivity contribution in [1.82, 2.24) is 24.5 Å². The molecule has 2 N–H and O–H groups in total. The molecule has 0 bridgehead atoms. The van der Waals surface area contributed by atoms with Gasteiger partial charge < -0.3 is 15.2 Å². The van der Waals surface area contributed by atoms with Crippen LogP contribution in [0.3, 0.4) is 0 Å². The number of likely N-dealkylation sites (tertiary alicyclic amines) is 1. The lowest BCUT2D eigenvalue weighted by atomic mass is 10.0. The summed E-state index contributed by atoms with van der Waals surface area (Å²) in [4.78, 5) is 18.0. The molecule has 224 valence electrons. The maximum absolute atomic E-state index is 14.7. The number of hydrogen-bond acceptors (Lipinski definition) is 8. The van der Waals surface area contributed by atoms with Crippen LogP contribution in [0.1, 0.15) is 44.7 Å². The summed E-state index contributed by atoms with van der Waals surface area (Å²) in [7, 11) is 0. The lowest BCUT2D eigenvalue weighted by Crippen LogP contribution is -2.38. The highest BCUT2D eigenvalue weighted by Crippen LogP contribution is 2.39. The van der Waals surface area contributed by atoms with E-state index in [1.807, 2.05) is 13.8 Å². The molecule has 2 atom stereocenters. The molecular formula is C29H32F4N6O3. The number of aromatic nitrogens is 4. The SMILES string of the molecule is CCC(CC)C(=O)OCCOc1cc2nc(-c3nnc4ccc(C(N5CCC(N)C5)C(F)(F)F)cn34)ccc2cc1F. The highest BCUT2D eigenvalue weighted by Gasteiger charge is 2.46. The topological polar surface area (TPSA) is 108 Å². The standard InChI is InChI=1S/C29H32F4N6O3/c1-3-17(4-2)28(40)42-12-11-41-24-14-23-18(13-21(24)30)5-7-22(35-23)27-37-36-25-8-6-19(15-39(25)27)26(29(31,32)33)38-10-9-20(34)16-38/h5-8,13-15,17,20,26H,3-4,9-12,16,34H2,1-2H3. The van der Waals surface area contributed by atoms with E-state index in [0.717, 1.165) is 0 Å². The van der Waals surface area contributed by atoms with Crippen molar-refractivity contribution in [1.29, 1.82) is 0 Å². The number of carbonyl (C=O) groups excluding carboxylic acids is 1. The van der Waals surface area contributed by atoms with Crippen molar-refractivity contribution in [3.8, 4) is 17.3 Å². The lowest BCUT2D eigenvalue weighted by Gasteiger charge is -2.30. The number of nitrogens with two attached hydrogens (primary N) is 1. The zero-order valence-electron chi connectivity index (χ0n) is 23.3. The zero-order valence-corrected chi connectivity index (χ0v) is 23.3. The average molecular weight is 589 g/mol. The molecule has 4 heterocycles. The number of benzene rings is 1. The van der Waals surface area contributed by atoms with E-state index in [2.05, 4.69) is 15.2 Å². The second kappa shape index (κ2) is 12.2. The Morgan fingerprint density at radius 2 is 1.90 bits per heavy atom. The molecule has 0 amide bonds. The van der Waals surface area contributed by atoms with Gasteiger partial charge in [-0.15, -0.1) is 10.2 Å². The molecule has 42 heavy (non-hydrogen) atoms. The number of pyridine rings is 2. The molecular weight excluding hydrogens is 556 g/mol. The predicted octanol–water partition coefficient (Wildman–Crippen LogP) is 5.08. The number of esters is 1. The highest BCUT2D eigenvalue weighted by atomic mass is 19.4. The van der Waals surface area contributed by atoms with Gasteiger partial charge in [0.25, 0.3) is 0 Å². The fourth-order valence-electron chi connectivity index (χ4n) is 5.29. The first kappa shape index (κ1) is 29.6. The van der Waals surface area contributed by atoms with Crippen LogP contribution < -0.4 is 10.5 Å². The molecule has 5 rings (SSSR count). The number of fused-ring (bicyclic) bond motifs is 2. The summed E-state index contributed by atoms with van der Waals surface area (Å²) in [5.41, 5.74) is 6.99. The van der Waals surface area contributed by atoms with Gasteiger partial charge in [-0.2, -0.15) is 13.2 Å². The van der Waals surface area contributed by atoms with Crippen molar-refractivity contribution < 1.29 is 31.8 Å². The van der Waals surface area contributed by atoms with E-state index in [4.69, 9.17) is 15.2 Å². The van der Waals surface area contributed by atoms with Crippen LogP contribution in [-0.4, -0.2) is 69.0 Å². The molecule has 0 saturated carbocycles. The number of ether oxygens (including phenoxy) is 2. The maximum Gasteiger partial charge on any atom is 0.408 e. The number of rotatable bonds is 10. The first-order chi connectivity index (χ1) is 20.1. The highest BCUT2D eigenvalue weighted by molar-refractivity contribution is 5.82. The normalized spacial score (nSPS) is 16.9. The smallest absolute Gasteiger partial charge is 0.408 e. The molecule has 13 heteroatoms. The number of alkyl halides is 3. The Kier molecular flexibility index (Phi) is 8.60. The van der Waals surface area contributed by atoms with Crippen molar-refractivity contribution in [2.75, 3.05) is 26.3 Å². The molecule has 1 fully saturated rings. The maximum atomic E-state index is 14.7. The van der Waals surface area contributed by atoms with Crippen LogP contribution in [0.25, 0.3) is 28.1 Å². The van der Waals surface area contributed by atoms with Gasteiger partial charge in [0.15, 0.2) is 23.0 Å². The molecule has 0 radical (unpaired) electrons. The average Bonchev–Trinajstić information content (AvgIpc) is 3.57. The minimum absolute atomic E-state index is 0.0311. The van der Waals surface area contributed by atoms with Crippen LogP contribution in [0.2, 0.25) is 0 Å². The van der Waals surface area contributed by atoms with E-state index in [-0.39, 0.29) is 61.4 Å². The van der Waals surface area contributed by atoms with Crippen LogP contribution in [0, 0.1) is 11.7 Å². The summed E-state index contributed by atoms with van der Waals surface area (Å²) in [6.45, 7) is 4.12. The van der Waals surface area contributed by atoms with E-state index in [0.29, 0.717) is 41.5 Å². The van der Waals surface area contributed by atoms with Gasteiger partial charge in [-0.25, -0.2) is 9.37 Å². The van der Waals surface area contributed by atoms with Crippen LogP contribution in [-0.2, 0) is 9.53 Å². The minimum Gasteiger partial charge on any atom is -0.487 e. The summed E-state index contributed by atoms with van der Waals surface area (Å²) in [6, 6.07) is 6.67. The largest absolute Gasteiger partial charge is 0.487 e. The van der Waals surface area contributed by atoms with E-state index in [9.17, 15) is 22.4 Å². The summed E-state index contributed by atoms with van der Waals surface area (Å²) in [5, 5.41) is 8.76. The van der Waals surface area contributed by atoms with Gasteiger partial charge in [-0.05, 0) is 43.0 Å². The fraction of sp³-hybridized carbons (Fsp3) is 0.448. The molecule has 0 spiro atoms. The number of halogens is 4. The molecule has 4 aromatic rings. The Labute approximate surface area is 239 Å². The van der Waals surface area contributed by atoms with Crippen LogP contribution in [0.5, 0.6) is 5.75 Å². The zero-order chi connectivity index (χ0) is 30.0. The van der Waals surface area contributed by atoms with E-state index < -0.39 is 18.0 Å². The van der Waals surface area contributed by atoms with Crippen molar-refractivity contribution >= 4 is 22.5 Å². The predicted molar refractivity (Wildman–Crippen MR) is 147 cm³/mol. The minimum atomic E-state index is -4.51. The molecule has 1 aliphatic heterocycles. The molecule has 1 aromatic carbocycles.